The van der Waals surface area contributed by atoms with Crippen LogP contribution in [-0.4, -0.2) is 15.9 Å². The molecule has 12 heavy (non-hydrogen) atoms. The number of thioether (sulfide) groups is 1. The van der Waals surface area contributed by atoms with E-state index in [2.05, 4.69) is 4.98 Å². The summed E-state index contributed by atoms with van der Waals surface area (Å²) in [5, 5.41) is 0.272. The lowest BCUT2D eigenvalue weighted by molar-refractivity contribution is -0.111. The zero-order valence-electron chi connectivity index (χ0n) is 6.56. The van der Waals surface area contributed by atoms with Crippen molar-refractivity contribution in [3.05, 3.63) is 30.1 Å². The standard InChI is InChI=1S/C9H9NOS/c11-9-7(4-6-12-9)8-3-1-2-5-10-8/h1-3,5,7H,4,6H2/t7-/m1/s1. The molecule has 0 unspecified atom stereocenters. The van der Waals surface area contributed by atoms with Crippen LogP contribution in [0.25, 0.3) is 0 Å². The Balaban J connectivity index is 2.25. The van der Waals surface area contributed by atoms with E-state index in [1.54, 1.807) is 6.20 Å². The summed E-state index contributed by atoms with van der Waals surface area (Å²) in [4.78, 5) is 15.5. The molecule has 0 amide bonds. The van der Waals surface area contributed by atoms with Gasteiger partial charge in [0.2, 0.25) is 0 Å². The molecule has 1 atom stereocenters. The first-order chi connectivity index (χ1) is 5.88. The van der Waals surface area contributed by atoms with Gasteiger partial charge in [0.05, 0.1) is 11.6 Å². The Labute approximate surface area is 75.4 Å². The van der Waals surface area contributed by atoms with Gasteiger partial charge >= 0.3 is 0 Å². The molecule has 0 bridgehead atoms. The SMILES string of the molecule is O=C1SCC[C@@H]1c1ccccn1. The van der Waals surface area contributed by atoms with Gasteiger partial charge in [-0.1, -0.05) is 17.8 Å². The van der Waals surface area contributed by atoms with Crippen molar-refractivity contribution in [2.24, 2.45) is 0 Å². The Morgan fingerprint density at radius 1 is 1.50 bits per heavy atom. The van der Waals surface area contributed by atoms with E-state index in [0.29, 0.717) is 0 Å². The van der Waals surface area contributed by atoms with Gasteiger partial charge < -0.3 is 0 Å². The second kappa shape index (κ2) is 3.27. The van der Waals surface area contributed by atoms with E-state index in [1.165, 1.54) is 11.8 Å². The molecule has 3 heteroatoms. The minimum atomic E-state index is 0.0520. The molecule has 0 aromatic carbocycles. The van der Waals surface area contributed by atoms with Gasteiger partial charge in [-0.3, -0.25) is 9.78 Å². The summed E-state index contributed by atoms with van der Waals surface area (Å²) < 4.78 is 0. The average Bonchev–Trinajstić information content (AvgIpc) is 2.53. The molecule has 0 aliphatic carbocycles. The number of nitrogens with zero attached hydrogens (tertiary/aromatic N) is 1. The van der Waals surface area contributed by atoms with Gasteiger partial charge in [0.15, 0.2) is 5.12 Å². The minimum Gasteiger partial charge on any atom is -0.286 e. The lowest BCUT2D eigenvalue weighted by Crippen LogP contribution is -2.03. The van der Waals surface area contributed by atoms with Crippen molar-refractivity contribution >= 4 is 16.9 Å². The molecule has 1 aliphatic rings. The highest BCUT2D eigenvalue weighted by atomic mass is 32.2. The third kappa shape index (κ3) is 1.37. The van der Waals surface area contributed by atoms with Gasteiger partial charge in [-0.2, -0.15) is 0 Å². The van der Waals surface area contributed by atoms with Crippen LogP contribution in [0.2, 0.25) is 0 Å². The van der Waals surface area contributed by atoms with E-state index in [4.69, 9.17) is 0 Å². The van der Waals surface area contributed by atoms with Gasteiger partial charge in [-0.05, 0) is 18.6 Å². The Bertz CT molecular complexity index is 286. The van der Waals surface area contributed by atoms with Gasteiger partial charge in [0.25, 0.3) is 0 Å². The predicted octanol–water partition coefficient (Wildman–Crippen LogP) is 1.83. The first kappa shape index (κ1) is 7.80. The molecule has 0 radical (unpaired) electrons. The van der Waals surface area contributed by atoms with Crippen LogP contribution in [0, 0.1) is 0 Å². The molecule has 0 N–H and O–H groups in total. The zero-order chi connectivity index (χ0) is 8.39. The zero-order valence-corrected chi connectivity index (χ0v) is 7.38. The van der Waals surface area contributed by atoms with Crippen LogP contribution in [0.4, 0.5) is 0 Å². The van der Waals surface area contributed by atoms with Crippen LogP contribution in [0.1, 0.15) is 18.0 Å². The first-order valence-electron chi connectivity index (χ1n) is 3.95. The van der Waals surface area contributed by atoms with Crippen molar-refractivity contribution < 1.29 is 4.79 Å². The van der Waals surface area contributed by atoms with E-state index in [9.17, 15) is 4.79 Å². The van der Waals surface area contributed by atoms with Crippen molar-refractivity contribution in [1.82, 2.24) is 4.98 Å². The molecule has 1 aliphatic heterocycles. The fourth-order valence-electron chi connectivity index (χ4n) is 1.35. The average molecular weight is 179 g/mol. The van der Waals surface area contributed by atoms with Crippen molar-refractivity contribution in [3.8, 4) is 0 Å². The quantitative estimate of drug-likeness (QED) is 0.658. The van der Waals surface area contributed by atoms with E-state index in [0.717, 1.165) is 17.9 Å². The molecule has 1 aromatic heterocycles. The summed E-state index contributed by atoms with van der Waals surface area (Å²) in [6.07, 6.45) is 2.69. The summed E-state index contributed by atoms with van der Waals surface area (Å²) in [6.45, 7) is 0. The fraction of sp³-hybridized carbons (Fsp3) is 0.333. The van der Waals surface area contributed by atoms with Gasteiger partial charge in [-0.25, -0.2) is 0 Å². The number of hydrogen-bond acceptors (Lipinski definition) is 3. The maximum Gasteiger partial charge on any atom is 0.198 e. The Kier molecular flexibility index (Phi) is 2.13. The third-order valence-electron chi connectivity index (χ3n) is 1.98. The maximum absolute atomic E-state index is 11.3. The molecule has 1 fully saturated rings. The Hall–Kier alpha value is -0.830. The number of hydrogen-bond donors (Lipinski definition) is 0. The van der Waals surface area contributed by atoms with Gasteiger partial charge in [0.1, 0.15) is 0 Å². The topological polar surface area (TPSA) is 30.0 Å². The number of rotatable bonds is 1. The maximum atomic E-state index is 11.3. The van der Waals surface area contributed by atoms with Crippen LogP contribution in [0.15, 0.2) is 24.4 Å². The molecule has 1 saturated heterocycles. The van der Waals surface area contributed by atoms with E-state index >= 15 is 0 Å². The van der Waals surface area contributed by atoms with Crippen molar-refractivity contribution in [2.75, 3.05) is 5.75 Å². The first-order valence-corrected chi connectivity index (χ1v) is 4.94. The number of carbonyl (C=O) groups is 1. The van der Waals surface area contributed by atoms with Crippen molar-refractivity contribution in [3.63, 3.8) is 0 Å². The number of pyridine rings is 1. The molecule has 0 saturated carbocycles. The van der Waals surface area contributed by atoms with Gasteiger partial charge in [-0.15, -0.1) is 0 Å². The smallest absolute Gasteiger partial charge is 0.198 e. The fourth-order valence-corrected chi connectivity index (χ4v) is 2.34. The number of carbonyl (C=O) groups excluding carboxylic acids is 1. The highest BCUT2D eigenvalue weighted by molar-refractivity contribution is 8.14. The molecular weight excluding hydrogens is 170 g/mol. The van der Waals surface area contributed by atoms with Crippen LogP contribution < -0.4 is 0 Å². The second-order valence-electron chi connectivity index (χ2n) is 2.76. The van der Waals surface area contributed by atoms with E-state index in [1.807, 2.05) is 18.2 Å². The summed E-state index contributed by atoms with van der Waals surface area (Å²) in [7, 11) is 0. The number of aromatic nitrogens is 1. The van der Waals surface area contributed by atoms with Crippen LogP contribution in [0.3, 0.4) is 0 Å². The molecule has 62 valence electrons. The summed E-state index contributed by atoms with van der Waals surface area (Å²) in [5.74, 6) is 0.997. The monoisotopic (exact) mass is 179 g/mol. The second-order valence-corrected chi connectivity index (χ2v) is 3.86. The summed E-state index contributed by atoms with van der Waals surface area (Å²) >= 11 is 1.42. The molecule has 1 aromatic rings. The van der Waals surface area contributed by atoms with Crippen LogP contribution in [-0.2, 0) is 4.79 Å². The highest BCUT2D eigenvalue weighted by Crippen LogP contribution is 2.32. The predicted molar refractivity (Wildman–Crippen MR) is 49.1 cm³/mol. The van der Waals surface area contributed by atoms with E-state index < -0.39 is 0 Å². The Morgan fingerprint density at radius 2 is 2.42 bits per heavy atom. The summed E-state index contributed by atoms with van der Waals surface area (Å²) in [6, 6.07) is 5.73. The van der Waals surface area contributed by atoms with Crippen molar-refractivity contribution in [2.45, 2.75) is 12.3 Å². The summed E-state index contributed by atoms with van der Waals surface area (Å²) in [5.41, 5.74) is 0.924. The van der Waals surface area contributed by atoms with Gasteiger partial charge in [0, 0.05) is 11.9 Å². The normalized spacial score (nSPS) is 23.0. The molecule has 0 spiro atoms. The van der Waals surface area contributed by atoms with Crippen molar-refractivity contribution in [1.29, 1.82) is 0 Å². The molecular formula is C9H9NOS. The largest absolute Gasteiger partial charge is 0.286 e. The molecule has 2 rings (SSSR count). The van der Waals surface area contributed by atoms with Crippen LogP contribution in [0.5, 0.6) is 0 Å². The highest BCUT2D eigenvalue weighted by Gasteiger charge is 2.27. The minimum absolute atomic E-state index is 0.0520. The molecule has 2 nitrogen and oxygen atoms in total. The third-order valence-corrected chi connectivity index (χ3v) is 2.99. The van der Waals surface area contributed by atoms with Crippen LogP contribution >= 0.6 is 11.8 Å². The lowest BCUT2D eigenvalue weighted by atomic mass is 10.0. The lowest BCUT2D eigenvalue weighted by Gasteiger charge is -2.03. The molecule has 2 heterocycles. The van der Waals surface area contributed by atoms with E-state index in [-0.39, 0.29) is 11.0 Å². The Morgan fingerprint density at radius 3 is 3.00 bits per heavy atom.